The fourth-order valence-corrected chi connectivity index (χ4v) is 2.75. The first-order valence-corrected chi connectivity index (χ1v) is 7.14. The van der Waals surface area contributed by atoms with Crippen LogP contribution in [-0.2, 0) is 4.74 Å². The summed E-state index contributed by atoms with van der Waals surface area (Å²) in [5.41, 5.74) is 3.47. The van der Waals surface area contributed by atoms with Crippen LogP contribution in [0.5, 0.6) is 0 Å². The maximum atomic E-state index is 10.3. The molecule has 0 spiro atoms. The average Bonchev–Trinajstić information content (AvgIpc) is 2.36. The van der Waals surface area contributed by atoms with Crippen LogP contribution in [0.3, 0.4) is 0 Å². The Morgan fingerprint density at radius 2 is 2.00 bits per heavy atom. The molecule has 2 unspecified atom stereocenters. The minimum absolute atomic E-state index is 0.367. The lowest BCUT2D eigenvalue weighted by molar-refractivity contribution is -0.00639. The molecule has 1 saturated heterocycles. The van der Waals surface area contributed by atoms with Crippen molar-refractivity contribution in [2.24, 2.45) is 0 Å². The van der Waals surface area contributed by atoms with E-state index in [1.807, 2.05) is 0 Å². The predicted molar refractivity (Wildman–Crippen MR) is 77.3 cm³/mol. The van der Waals surface area contributed by atoms with Gasteiger partial charge in [0, 0.05) is 19.1 Å². The molecular formula is C16H25NO2. The van der Waals surface area contributed by atoms with E-state index in [1.165, 1.54) is 11.1 Å². The molecule has 1 fully saturated rings. The third-order valence-electron chi connectivity index (χ3n) is 3.82. The van der Waals surface area contributed by atoms with E-state index in [0.717, 1.165) is 38.3 Å². The molecule has 1 aliphatic heterocycles. The number of hydrogen-bond acceptors (Lipinski definition) is 3. The molecule has 3 heteroatoms. The first-order valence-electron chi connectivity index (χ1n) is 7.14. The molecule has 0 radical (unpaired) electrons. The second-order valence-electron chi connectivity index (χ2n) is 5.69. The lowest BCUT2D eigenvalue weighted by Gasteiger charge is -2.33. The molecule has 0 bridgehead atoms. The molecule has 0 aromatic heterocycles. The Hall–Kier alpha value is -0.900. The van der Waals surface area contributed by atoms with Crippen LogP contribution in [0, 0.1) is 13.8 Å². The Balaban J connectivity index is 1.91. The number of morpholine rings is 1. The second kappa shape index (κ2) is 6.51. The molecular weight excluding hydrogens is 238 g/mol. The first kappa shape index (κ1) is 14.5. The largest absolute Gasteiger partial charge is 0.388 e. The molecule has 0 amide bonds. The Bertz CT molecular complexity index is 399. The number of nitrogens with zero attached hydrogens (tertiary/aromatic N) is 1. The van der Waals surface area contributed by atoms with Crippen molar-refractivity contribution in [3.63, 3.8) is 0 Å². The summed E-state index contributed by atoms with van der Waals surface area (Å²) in [6.45, 7) is 9.85. The van der Waals surface area contributed by atoms with Crippen LogP contribution in [0.1, 0.15) is 36.1 Å². The Kier molecular flexibility index (Phi) is 4.97. The van der Waals surface area contributed by atoms with Gasteiger partial charge in [-0.15, -0.1) is 0 Å². The second-order valence-corrected chi connectivity index (χ2v) is 5.69. The molecule has 1 N–H and O–H groups in total. The number of hydrogen-bond donors (Lipinski definition) is 1. The first-order chi connectivity index (χ1) is 9.06. The highest BCUT2D eigenvalue weighted by molar-refractivity contribution is 5.29. The van der Waals surface area contributed by atoms with E-state index in [-0.39, 0.29) is 6.10 Å². The third-order valence-corrected chi connectivity index (χ3v) is 3.82. The topological polar surface area (TPSA) is 32.7 Å². The van der Waals surface area contributed by atoms with Crippen molar-refractivity contribution < 1.29 is 9.84 Å². The summed E-state index contributed by atoms with van der Waals surface area (Å²) in [6, 6.07) is 6.77. The highest BCUT2D eigenvalue weighted by Crippen LogP contribution is 2.21. The summed E-state index contributed by atoms with van der Waals surface area (Å²) in [6.07, 6.45) is 0.418. The lowest BCUT2D eigenvalue weighted by Crippen LogP contribution is -2.44. The fraction of sp³-hybridized carbons (Fsp3) is 0.625. The van der Waals surface area contributed by atoms with Gasteiger partial charge < -0.3 is 9.84 Å². The minimum atomic E-state index is -0.367. The number of benzene rings is 1. The van der Waals surface area contributed by atoms with Gasteiger partial charge in [0.1, 0.15) is 0 Å². The van der Waals surface area contributed by atoms with E-state index in [2.05, 4.69) is 43.9 Å². The van der Waals surface area contributed by atoms with Gasteiger partial charge in [0.2, 0.25) is 0 Å². The minimum Gasteiger partial charge on any atom is -0.388 e. The lowest BCUT2D eigenvalue weighted by atomic mass is 10.0. The molecule has 1 aromatic carbocycles. The van der Waals surface area contributed by atoms with Crippen molar-refractivity contribution >= 4 is 0 Å². The number of aliphatic hydroxyl groups is 1. The highest BCUT2D eigenvalue weighted by atomic mass is 16.5. The third kappa shape index (κ3) is 4.03. The van der Waals surface area contributed by atoms with Gasteiger partial charge in [-0.1, -0.05) is 29.3 Å². The number of aryl methyl sites for hydroxylation is 2. The Labute approximate surface area is 116 Å². The van der Waals surface area contributed by atoms with E-state index in [4.69, 9.17) is 4.74 Å². The molecule has 106 valence electrons. The van der Waals surface area contributed by atoms with E-state index in [9.17, 15) is 5.11 Å². The van der Waals surface area contributed by atoms with Crippen molar-refractivity contribution in [2.45, 2.75) is 39.3 Å². The number of aliphatic hydroxyl groups excluding tert-OH is 1. The van der Waals surface area contributed by atoms with Gasteiger partial charge in [0.05, 0.1) is 19.3 Å². The van der Waals surface area contributed by atoms with E-state index < -0.39 is 0 Å². The standard InChI is InChI=1S/C16H25NO2/c1-12-8-13(2)10-15(9-12)16(18)4-5-17-6-7-19-11-14(17)3/h8-10,14,16,18H,4-7,11H2,1-3H3. The predicted octanol–water partition coefficient (Wildman–Crippen LogP) is 2.45. The number of rotatable bonds is 4. The van der Waals surface area contributed by atoms with Crippen LogP contribution in [-0.4, -0.2) is 42.4 Å². The van der Waals surface area contributed by atoms with Gasteiger partial charge in [-0.3, -0.25) is 4.90 Å². The van der Waals surface area contributed by atoms with Crippen LogP contribution >= 0.6 is 0 Å². The van der Waals surface area contributed by atoms with Gasteiger partial charge >= 0.3 is 0 Å². The summed E-state index contributed by atoms with van der Waals surface area (Å²) < 4.78 is 5.43. The number of ether oxygens (including phenoxy) is 1. The van der Waals surface area contributed by atoms with Crippen molar-refractivity contribution in [1.82, 2.24) is 4.90 Å². The zero-order chi connectivity index (χ0) is 13.8. The summed E-state index contributed by atoms with van der Waals surface area (Å²) in [4.78, 5) is 2.40. The molecule has 1 heterocycles. The maximum Gasteiger partial charge on any atom is 0.0802 e. The van der Waals surface area contributed by atoms with Crippen molar-refractivity contribution in [3.05, 3.63) is 34.9 Å². The van der Waals surface area contributed by atoms with Gasteiger partial charge in [-0.05, 0) is 32.8 Å². The zero-order valence-corrected chi connectivity index (χ0v) is 12.2. The summed E-state index contributed by atoms with van der Waals surface area (Å²) in [5.74, 6) is 0. The van der Waals surface area contributed by atoms with Crippen LogP contribution < -0.4 is 0 Å². The zero-order valence-electron chi connectivity index (χ0n) is 12.2. The molecule has 2 atom stereocenters. The fourth-order valence-electron chi connectivity index (χ4n) is 2.75. The van der Waals surface area contributed by atoms with E-state index in [1.54, 1.807) is 0 Å². The van der Waals surface area contributed by atoms with E-state index in [0.29, 0.717) is 6.04 Å². The van der Waals surface area contributed by atoms with Crippen LogP contribution in [0.15, 0.2) is 18.2 Å². The summed E-state index contributed by atoms with van der Waals surface area (Å²) in [7, 11) is 0. The molecule has 1 aromatic rings. The van der Waals surface area contributed by atoms with E-state index >= 15 is 0 Å². The molecule has 19 heavy (non-hydrogen) atoms. The summed E-state index contributed by atoms with van der Waals surface area (Å²) in [5, 5.41) is 10.3. The summed E-state index contributed by atoms with van der Waals surface area (Å²) >= 11 is 0. The Morgan fingerprint density at radius 3 is 2.63 bits per heavy atom. The molecule has 0 aliphatic carbocycles. The van der Waals surface area contributed by atoms with Gasteiger partial charge in [-0.25, -0.2) is 0 Å². The smallest absolute Gasteiger partial charge is 0.0802 e. The highest BCUT2D eigenvalue weighted by Gasteiger charge is 2.19. The average molecular weight is 263 g/mol. The molecule has 0 saturated carbocycles. The van der Waals surface area contributed by atoms with Crippen molar-refractivity contribution in [3.8, 4) is 0 Å². The molecule has 2 rings (SSSR count). The SMILES string of the molecule is Cc1cc(C)cc(C(O)CCN2CCOCC2C)c1. The van der Waals surface area contributed by atoms with Crippen LogP contribution in [0.2, 0.25) is 0 Å². The van der Waals surface area contributed by atoms with Gasteiger partial charge in [0.25, 0.3) is 0 Å². The van der Waals surface area contributed by atoms with Crippen LogP contribution in [0.4, 0.5) is 0 Å². The van der Waals surface area contributed by atoms with Crippen molar-refractivity contribution in [2.75, 3.05) is 26.3 Å². The normalized spacial score (nSPS) is 22.4. The van der Waals surface area contributed by atoms with Gasteiger partial charge in [-0.2, -0.15) is 0 Å². The van der Waals surface area contributed by atoms with Gasteiger partial charge in [0.15, 0.2) is 0 Å². The van der Waals surface area contributed by atoms with Crippen LogP contribution in [0.25, 0.3) is 0 Å². The maximum absolute atomic E-state index is 10.3. The quantitative estimate of drug-likeness (QED) is 0.905. The van der Waals surface area contributed by atoms with Crippen molar-refractivity contribution in [1.29, 1.82) is 0 Å². The monoisotopic (exact) mass is 263 g/mol. The molecule has 3 nitrogen and oxygen atoms in total. The Morgan fingerprint density at radius 1 is 1.32 bits per heavy atom. The molecule has 1 aliphatic rings.